The van der Waals surface area contributed by atoms with E-state index in [0.717, 1.165) is 12.8 Å². The summed E-state index contributed by atoms with van der Waals surface area (Å²) >= 11 is 0. The first-order valence-corrected chi connectivity index (χ1v) is 9.05. The van der Waals surface area contributed by atoms with Gasteiger partial charge in [-0.1, -0.05) is 6.07 Å². The number of ether oxygens (including phenoxy) is 1. The molecule has 1 aromatic heterocycles. The third-order valence-corrected chi connectivity index (χ3v) is 4.53. The van der Waals surface area contributed by atoms with Crippen molar-refractivity contribution in [1.29, 1.82) is 0 Å². The molecule has 1 saturated heterocycles. The van der Waals surface area contributed by atoms with Gasteiger partial charge in [-0.15, -0.1) is 0 Å². The van der Waals surface area contributed by atoms with Crippen molar-refractivity contribution in [3.63, 3.8) is 0 Å². The molecule has 2 heterocycles. The normalized spacial score (nSPS) is 17.2. The highest BCUT2D eigenvalue weighted by Gasteiger charge is 2.18. The van der Waals surface area contributed by atoms with Crippen LogP contribution in [-0.4, -0.2) is 30.3 Å². The molecule has 3 aromatic rings. The van der Waals surface area contributed by atoms with Gasteiger partial charge in [-0.2, -0.15) is 0 Å². The van der Waals surface area contributed by atoms with E-state index in [1.54, 1.807) is 18.2 Å². The average molecular weight is 382 g/mol. The number of aromatic hydroxyl groups is 1. The van der Waals surface area contributed by atoms with Crippen LogP contribution in [0.3, 0.4) is 0 Å². The molecule has 144 valence electrons. The fraction of sp³-hybridized carbons (Fsp3) is 0.238. The molecular formula is C21H19FN2O4. The minimum atomic E-state index is -0.441. The molecule has 0 bridgehead atoms. The largest absolute Gasteiger partial charge is 0.508 e. The molecule has 28 heavy (non-hydrogen) atoms. The lowest BCUT2D eigenvalue weighted by Gasteiger charge is -2.11. The molecular weight excluding hydrogens is 363 g/mol. The minimum Gasteiger partial charge on any atom is -0.508 e. The number of hydrogen-bond donors (Lipinski definition) is 2. The zero-order valence-corrected chi connectivity index (χ0v) is 15.0. The van der Waals surface area contributed by atoms with E-state index < -0.39 is 5.82 Å². The summed E-state index contributed by atoms with van der Waals surface area (Å²) < 4.78 is 24.8. The highest BCUT2D eigenvalue weighted by Crippen LogP contribution is 2.20. The third-order valence-electron chi connectivity index (χ3n) is 4.53. The molecule has 0 saturated carbocycles. The number of phenolic OH excluding ortho intramolecular Hbond substituents is 1. The molecule has 1 unspecified atom stereocenters. The SMILES string of the molecule is O=C(NCC1CCCO1)c1cc2ccc(O)cc2oc1=Nc1cccc(F)c1. The van der Waals surface area contributed by atoms with E-state index in [2.05, 4.69) is 10.3 Å². The van der Waals surface area contributed by atoms with E-state index in [9.17, 15) is 14.3 Å². The summed E-state index contributed by atoms with van der Waals surface area (Å²) in [5.74, 6) is -0.767. The molecule has 1 amide bonds. The Morgan fingerprint density at radius 1 is 1.25 bits per heavy atom. The van der Waals surface area contributed by atoms with Gasteiger partial charge in [0.2, 0.25) is 5.55 Å². The number of rotatable bonds is 4. The maximum atomic E-state index is 13.5. The van der Waals surface area contributed by atoms with Gasteiger partial charge in [-0.3, -0.25) is 4.79 Å². The van der Waals surface area contributed by atoms with E-state index in [-0.39, 0.29) is 28.9 Å². The standard InChI is InChI=1S/C21H19FN2O4/c22-14-3-1-4-15(10-14)24-21-18(20(26)23-12-17-5-2-8-27-17)9-13-6-7-16(25)11-19(13)28-21/h1,3-4,6-7,9-11,17,25H,2,5,8,12H2,(H,23,26). The number of benzene rings is 2. The number of carbonyl (C=O) groups is 1. The quantitative estimate of drug-likeness (QED) is 0.724. The molecule has 7 heteroatoms. The van der Waals surface area contributed by atoms with Crippen molar-refractivity contribution in [3.8, 4) is 5.75 Å². The Hall–Kier alpha value is -3.19. The smallest absolute Gasteiger partial charge is 0.256 e. The number of hydrogen-bond acceptors (Lipinski definition) is 5. The molecule has 1 aliphatic heterocycles. The molecule has 1 atom stereocenters. The summed E-state index contributed by atoms with van der Waals surface area (Å²) in [6.07, 6.45) is 1.89. The van der Waals surface area contributed by atoms with Gasteiger partial charge in [0.25, 0.3) is 5.91 Å². The Labute approximate surface area is 160 Å². The minimum absolute atomic E-state index is 0.00176. The van der Waals surface area contributed by atoms with Crippen molar-refractivity contribution < 1.29 is 23.4 Å². The fourth-order valence-corrected chi connectivity index (χ4v) is 3.12. The summed E-state index contributed by atoms with van der Waals surface area (Å²) in [5.41, 5.74) is 0.941. The predicted molar refractivity (Wildman–Crippen MR) is 101 cm³/mol. The van der Waals surface area contributed by atoms with Crippen LogP contribution in [0.1, 0.15) is 23.2 Å². The summed E-state index contributed by atoms with van der Waals surface area (Å²) in [7, 11) is 0. The molecule has 2 aromatic carbocycles. The summed E-state index contributed by atoms with van der Waals surface area (Å²) in [6, 6.07) is 11.9. The van der Waals surface area contributed by atoms with Crippen molar-refractivity contribution in [3.05, 3.63) is 65.5 Å². The van der Waals surface area contributed by atoms with Gasteiger partial charge in [0.1, 0.15) is 22.7 Å². The number of nitrogens with one attached hydrogen (secondary N) is 1. The van der Waals surface area contributed by atoms with Gasteiger partial charge in [-0.05, 0) is 49.2 Å². The van der Waals surface area contributed by atoms with Crippen LogP contribution in [-0.2, 0) is 4.74 Å². The lowest BCUT2D eigenvalue weighted by Crippen LogP contribution is -2.34. The van der Waals surface area contributed by atoms with Crippen LogP contribution in [0.5, 0.6) is 5.75 Å². The first kappa shape index (κ1) is 18.2. The summed E-state index contributed by atoms with van der Waals surface area (Å²) in [6.45, 7) is 1.10. The van der Waals surface area contributed by atoms with Gasteiger partial charge in [0, 0.05) is 24.6 Å². The number of fused-ring (bicyclic) bond motifs is 1. The second kappa shape index (κ2) is 7.82. The maximum absolute atomic E-state index is 13.5. The molecule has 2 N–H and O–H groups in total. The Morgan fingerprint density at radius 2 is 2.14 bits per heavy atom. The Bertz CT molecular complexity index is 1090. The van der Waals surface area contributed by atoms with Gasteiger partial charge in [0.15, 0.2) is 0 Å². The van der Waals surface area contributed by atoms with E-state index in [1.807, 2.05) is 0 Å². The van der Waals surface area contributed by atoms with Crippen LogP contribution in [0.2, 0.25) is 0 Å². The number of phenols is 1. The van der Waals surface area contributed by atoms with Crippen LogP contribution < -0.4 is 10.9 Å². The van der Waals surface area contributed by atoms with Crippen LogP contribution in [0.15, 0.2) is 57.9 Å². The summed E-state index contributed by atoms with van der Waals surface area (Å²) in [5, 5.41) is 13.2. The zero-order valence-electron chi connectivity index (χ0n) is 15.0. The number of amides is 1. The topological polar surface area (TPSA) is 84.1 Å². The van der Waals surface area contributed by atoms with Gasteiger partial charge < -0.3 is 19.6 Å². The van der Waals surface area contributed by atoms with Crippen LogP contribution >= 0.6 is 0 Å². The van der Waals surface area contributed by atoms with E-state index in [0.29, 0.717) is 29.8 Å². The first-order valence-electron chi connectivity index (χ1n) is 9.05. The Morgan fingerprint density at radius 3 is 2.93 bits per heavy atom. The monoisotopic (exact) mass is 382 g/mol. The molecule has 1 aliphatic rings. The maximum Gasteiger partial charge on any atom is 0.256 e. The van der Waals surface area contributed by atoms with Gasteiger partial charge in [0.05, 0.1) is 11.8 Å². The lowest BCUT2D eigenvalue weighted by atomic mass is 10.1. The fourth-order valence-electron chi connectivity index (χ4n) is 3.12. The van der Waals surface area contributed by atoms with E-state index >= 15 is 0 Å². The Kier molecular flexibility index (Phi) is 5.08. The van der Waals surface area contributed by atoms with Crippen LogP contribution in [0.4, 0.5) is 10.1 Å². The highest BCUT2D eigenvalue weighted by molar-refractivity contribution is 5.96. The Balaban J connectivity index is 1.76. The number of halogens is 1. The highest BCUT2D eigenvalue weighted by atomic mass is 19.1. The van der Waals surface area contributed by atoms with Crippen molar-refractivity contribution in [2.24, 2.45) is 4.99 Å². The van der Waals surface area contributed by atoms with Crippen molar-refractivity contribution >= 4 is 22.6 Å². The number of carbonyl (C=O) groups excluding carboxylic acids is 1. The second-order valence-electron chi connectivity index (χ2n) is 6.62. The molecule has 0 aliphatic carbocycles. The zero-order chi connectivity index (χ0) is 19.5. The average Bonchev–Trinajstić information content (AvgIpc) is 3.19. The van der Waals surface area contributed by atoms with Crippen molar-refractivity contribution in [2.45, 2.75) is 18.9 Å². The van der Waals surface area contributed by atoms with Crippen LogP contribution in [0.25, 0.3) is 11.0 Å². The second-order valence-corrected chi connectivity index (χ2v) is 6.62. The molecule has 0 radical (unpaired) electrons. The lowest BCUT2D eigenvalue weighted by molar-refractivity contribution is 0.0854. The molecule has 4 rings (SSSR count). The number of nitrogens with zero attached hydrogens (tertiary/aromatic N) is 1. The van der Waals surface area contributed by atoms with E-state index in [4.69, 9.17) is 9.15 Å². The third kappa shape index (κ3) is 4.04. The van der Waals surface area contributed by atoms with Crippen LogP contribution in [0, 0.1) is 5.82 Å². The van der Waals surface area contributed by atoms with Gasteiger partial charge in [-0.25, -0.2) is 9.38 Å². The molecule has 0 spiro atoms. The van der Waals surface area contributed by atoms with Gasteiger partial charge >= 0.3 is 0 Å². The summed E-state index contributed by atoms with van der Waals surface area (Å²) in [4.78, 5) is 17.1. The predicted octanol–water partition coefficient (Wildman–Crippen LogP) is 3.42. The van der Waals surface area contributed by atoms with E-state index in [1.165, 1.54) is 30.3 Å². The first-order chi connectivity index (χ1) is 13.6. The van der Waals surface area contributed by atoms with Crippen molar-refractivity contribution in [1.82, 2.24) is 5.32 Å². The molecule has 6 nitrogen and oxygen atoms in total. The molecule has 1 fully saturated rings. The van der Waals surface area contributed by atoms with Crippen molar-refractivity contribution in [2.75, 3.05) is 13.2 Å².